The van der Waals surface area contributed by atoms with Crippen molar-refractivity contribution >= 4 is 23.5 Å². The summed E-state index contributed by atoms with van der Waals surface area (Å²) in [5.74, 6) is 0.286. The average molecular weight is 315 g/mol. The zero-order valence-electron chi connectivity index (χ0n) is 12.1. The van der Waals surface area contributed by atoms with Crippen molar-refractivity contribution in [1.29, 1.82) is 0 Å². The fourth-order valence-electron chi connectivity index (χ4n) is 2.61. The Kier molecular flexibility index (Phi) is 3.90. The molecule has 0 saturated heterocycles. The van der Waals surface area contributed by atoms with Gasteiger partial charge in [-0.3, -0.25) is 4.79 Å². The number of phenols is 1. The molecule has 0 bridgehead atoms. The van der Waals surface area contributed by atoms with Gasteiger partial charge in [-0.1, -0.05) is 35.9 Å². The number of hydrogen-bond donors (Lipinski definition) is 1. The summed E-state index contributed by atoms with van der Waals surface area (Å²) in [6.07, 6.45) is 2.41. The monoisotopic (exact) mass is 314 g/mol. The van der Waals surface area contributed by atoms with E-state index in [-0.39, 0.29) is 16.6 Å². The van der Waals surface area contributed by atoms with E-state index in [1.807, 2.05) is 31.2 Å². The Morgan fingerprint density at radius 3 is 2.82 bits per heavy atom. The van der Waals surface area contributed by atoms with Crippen molar-refractivity contribution < 1.29 is 14.6 Å². The topological polar surface area (TPSA) is 46.5 Å². The first kappa shape index (κ1) is 14.7. The zero-order valence-corrected chi connectivity index (χ0v) is 12.9. The first-order valence-electron chi connectivity index (χ1n) is 7.08. The molecule has 2 aromatic carbocycles. The first-order valence-corrected chi connectivity index (χ1v) is 7.46. The Morgan fingerprint density at radius 1 is 1.32 bits per heavy atom. The van der Waals surface area contributed by atoms with E-state index in [0.717, 1.165) is 16.7 Å². The number of fused-ring (bicyclic) bond motifs is 1. The molecule has 2 aromatic rings. The Labute approximate surface area is 133 Å². The van der Waals surface area contributed by atoms with Crippen LogP contribution in [0, 0.1) is 0 Å². The van der Waals surface area contributed by atoms with Crippen molar-refractivity contribution in [2.24, 2.45) is 0 Å². The number of benzene rings is 2. The van der Waals surface area contributed by atoms with Gasteiger partial charge in [0.05, 0.1) is 11.6 Å². The van der Waals surface area contributed by atoms with E-state index >= 15 is 0 Å². The maximum atomic E-state index is 12.4. The van der Waals surface area contributed by atoms with E-state index in [9.17, 15) is 9.90 Å². The second-order valence-corrected chi connectivity index (χ2v) is 5.52. The smallest absolute Gasteiger partial charge is 0.189 e. The Hall–Kier alpha value is -2.26. The minimum Gasteiger partial charge on any atom is -0.503 e. The molecule has 0 spiro atoms. The van der Waals surface area contributed by atoms with Crippen LogP contribution in [0.5, 0.6) is 11.5 Å². The van der Waals surface area contributed by atoms with Crippen LogP contribution in [0.15, 0.2) is 42.0 Å². The van der Waals surface area contributed by atoms with Crippen LogP contribution in [-0.4, -0.2) is 17.5 Å². The minimum atomic E-state index is -0.0771. The predicted molar refractivity (Wildman–Crippen MR) is 86.7 cm³/mol. The second kappa shape index (κ2) is 5.85. The van der Waals surface area contributed by atoms with Crippen LogP contribution in [0.4, 0.5) is 0 Å². The largest absolute Gasteiger partial charge is 0.503 e. The third-order valence-corrected chi connectivity index (χ3v) is 3.91. The average Bonchev–Trinajstić information content (AvgIpc) is 2.81. The molecule has 0 unspecified atom stereocenters. The van der Waals surface area contributed by atoms with Gasteiger partial charge in [0, 0.05) is 17.6 Å². The molecule has 112 valence electrons. The number of Topliss-reactive ketones (excluding diaryl/α,β-unsaturated/α-hetero) is 1. The second-order valence-electron chi connectivity index (χ2n) is 5.12. The third kappa shape index (κ3) is 2.60. The molecule has 1 N–H and O–H groups in total. The fourth-order valence-corrected chi connectivity index (χ4v) is 2.83. The van der Waals surface area contributed by atoms with E-state index in [4.69, 9.17) is 16.3 Å². The van der Waals surface area contributed by atoms with E-state index in [0.29, 0.717) is 24.4 Å². The van der Waals surface area contributed by atoms with Crippen LogP contribution in [-0.2, 0) is 6.42 Å². The Balaban J connectivity index is 1.99. The van der Waals surface area contributed by atoms with Crippen LogP contribution in [0.25, 0.3) is 6.08 Å². The molecule has 0 radical (unpaired) electrons. The SMILES string of the molecule is CCOc1cc(/C=C2\Cc3ccccc3C2=O)cc(Cl)c1O. The number of hydrogen-bond acceptors (Lipinski definition) is 3. The Morgan fingerprint density at radius 2 is 2.09 bits per heavy atom. The molecule has 1 aliphatic rings. The molecule has 3 rings (SSSR count). The van der Waals surface area contributed by atoms with Gasteiger partial charge >= 0.3 is 0 Å². The van der Waals surface area contributed by atoms with Crippen molar-refractivity contribution in [1.82, 2.24) is 0 Å². The number of phenolic OH excluding ortho intramolecular Hbond substituents is 1. The molecule has 0 fully saturated rings. The number of aromatic hydroxyl groups is 1. The van der Waals surface area contributed by atoms with E-state index < -0.39 is 0 Å². The van der Waals surface area contributed by atoms with Gasteiger partial charge in [-0.25, -0.2) is 0 Å². The highest BCUT2D eigenvalue weighted by atomic mass is 35.5. The molecule has 22 heavy (non-hydrogen) atoms. The van der Waals surface area contributed by atoms with Crippen LogP contribution in [0.2, 0.25) is 5.02 Å². The van der Waals surface area contributed by atoms with Gasteiger partial charge in [0.2, 0.25) is 0 Å². The van der Waals surface area contributed by atoms with Crippen molar-refractivity contribution in [2.75, 3.05) is 6.61 Å². The lowest BCUT2D eigenvalue weighted by molar-refractivity contribution is 0.104. The summed E-state index contributed by atoms with van der Waals surface area (Å²) in [5, 5.41) is 10.1. The summed E-state index contributed by atoms with van der Waals surface area (Å²) >= 11 is 6.02. The lowest BCUT2D eigenvalue weighted by Crippen LogP contribution is -1.96. The number of carbonyl (C=O) groups excluding carboxylic acids is 1. The number of carbonyl (C=O) groups is 1. The van der Waals surface area contributed by atoms with Crippen LogP contribution >= 0.6 is 11.6 Å². The molecule has 0 atom stereocenters. The zero-order chi connectivity index (χ0) is 15.7. The maximum Gasteiger partial charge on any atom is 0.189 e. The number of allylic oxidation sites excluding steroid dienone is 1. The summed E-state index contributed by atoms with van der Waals surface area (Å²) < 4.78 is 5.36. The van der Waals surface area contributed by atoms with Gasteiger partial charge in [-0.2, -0.15) is 0 Å². The summed E-state index contributed by atoms with van der Waals surface area (Å²) in [6, 6.07) is 10.9. The maximum absolute atomic E-state index is 12.4. The molecule has 0 amide bonds. The van der Waals surface area contributed by atoms with Gasteiger partial charge in [0.25, 0.3) is 0 Å². The molecule has 0 aliphatic heterocycles. The van der Waals surface area contributed by atoms with Crippen LogP contribution in [0.3, 0.4) is 0 Å². The van der Waals surface area contributed by atoms with Crippen molar-refractivity contribution in [3.8, 4) is 11.5 Å². The van der Waals surface area contributed by atoms with Crippen LogP contribution < -0.4 is 4.74 Å². The molecule has 4 heteroatoms. The van der Waals surface area contributed by atoms with Crippen molar-refractivity contribution in [2.45, 2.75) is 13.3 Å². The summed E-state index contributed by atoms with van der Waals surface area (Å²) in [4.78, 5) is 12.4. The normalized spacial score (nSPS) is 15.2. The molecule has 0 aromatic heterocycles. The van der Waals surface area contributed by atoms with Crippen molar-refractivity contribution in [3.63, 3.8) is 0 Å². The van der Waals surface area contributed by atoms with E-state index in [1.165, 1.54) is 0 Å². The molecule has 0 heterocycles. The summed E-state index contributed by atoms with van der Waals surface area (Å²) in [7, 11) is 0. The molecule has 0 saturated carbocycles. The number of ketones is 1. The first-order chi connectivity index (χ1) is 10.6. The molecule has 3 nitrogen and oxygen atoms in total. The highest BCUT2D eigenvalue weighted by Crippen LogP contribution is 2.36. The van der Waals surface area contributed by atoms with Gasteiger partial charge in [-0.05, 0) is 36.3 Å². The minimum absolute atomic E-state index is 0.0396. The predicted octanol–water partition coefficient (Wildman–Crippen LogP) is 4.27. The number of ether oxygens (including phenoxy) is 1. The molecule has 1 aliphatic carbocycles. The number of halogens is 1. The molecular weight excluding hydrogens is 300 g/mol. The summed E-state index contributed by atoms with van der Waals surface area (Å²) in [6.45, 7) is 2.25. The van der Waals surface area contributed by atoms with Gasteiger partial charge < -0.3 is 9.84 Å². The Bertz CT molecular complexity index is 778. The van der Waals surface area contributed by atoms with E-state index in [2.05, 4.69) is 0 Å². The standard InChI is InChI=1S/C18H15ClO3/c1-2-22-16-9-11(8-15(19)18(16)21)7-13-10-12-5-3-4-6-14(12)17(13)20/h3-9,21H,2,10H2,1H3/b13-7+. The number of rotatable bonds is 3. The van der Waals surface area contributed by atoms with Crippen molar-refractivity contribution in [3.05, 3.63) is 63.7 Å². The van der Waals surface area contributed by atoms with Crippen LogP contribution in [0.1, 0.15) is 28.4 Å². The third-order valence-electron chi connectivity index (χ3n) is 3.63. The highest BCUT2D eigenvalue weighted by Gasteiger charge is 2.24. The van der Waals surface area contributed by atoms with Gasteiger partial charge in [0.15, 0.2) is 17.3 Å². The quantitative estimate of drug-likeness (QED) is 0.861. The lowest BCUT2D eigenvalue weighted by Gasteiger charge is -2.08. The fraction of sp³-hybridized carbons (Fsp3) is 0.167. The lowest BCUT2D eigenvalue weighted by atomic mass is 10.1. The highest BCUT2D eigenvalue weighted by molar-refractivity contribution is 6.32. The van der Waals surface area contributed by atoms with Gasteiger partial charge in [-0.15, -0.1) is 0 Å². The summed E-state index contributed by atoms with van der Waals surface area (Å²) in [5.41, 5.74) is 3.24. The van der Waals surface area contributed by atoms with E-state index in [1.54, 1.807) is 18.2 Å². The van der Waals surface area contributed by atoms with Gasteiger partial charge in [0.1, 0.15) is 0 Å². The molecular formula is C18H15ClO3.